The van der Waals surface area contributed by atoms with Crippen LogP contribution in [0, 0.1) is 0 Å². The van der Waals surface area contributed by atoms with Crippen LogP contribution >= 0.6 is 0 Å². The van der Waals surface area contributed by atoms with Gasteiger partial charge in [0.25, 0.3) is 0 Å². The highest BCUT2D eigenvalue weighted by molar-refractivity contribution is 4.76. The van der Waals surface area contributed by atoms with Gasteiger partial charge >= 0.3 is 0 Å². The summed E-state index contributed by atoms with van der Waals surface area (Å²) in [6.07, 6.45) is 5.19. The number of methoxy groups -OCH3 is 1. The van der Waals surface area contributed by atoms with E-state index in [-0.39, 0.29) is 0 Å². The molecule has 0 aromatic carbocycles. The fraction of sp³-hybridized carbons (Fsp3) is 1.00. The third kappa shape index (κ3) is 4.96. The lowest BCUT2D eigenvalue weighted by atomic mass is 10.0. The Morgan fingerprint density at radius 3 is 2.87 bits per heavy atom. The summed E-state index contributed by atoms with van der Waals surface area (Å²) in [6.45, 7) is 5.52. The number of ether oxygens (including phenoxy) is 1. The summed E-state index contributed by atoms with van der Waals surface area (Å²) in [7, 11) is 3.99. The minimum atomic E-state index is 0.619. The molecule has 0 aliphatic carbocycles. The Hall–Kier alpha value is -0.120. The molecule has 0 saturated carbocycles. The molecule has 2 atom stereocenters. The SMILES string of the molecule is COCCC(C)N(C)CC1CCCCN1. The normalized spacial score (nSPS) is 24.4. The Kier molecular flexibility index (Phi) is 6.22. The molecule has 0 amide bonds. The van der Waals surface area contributed by atoms with Gasteiger partial charge in [0.2, 0.25) is 0 Å². The van der Waals surface area contributed by atoms with E-state index in [1.165, 1.54) is 32.4 Å². The molecule has 90 valence electrons. The molecule has 1 aliphatic heterocycles. The highest BCUT2D eigenvalue weighted by Crippen LogP contribution is 2.10. The molecule has 2 unspecified atom stereocenters. The first-order valence-electron chi connectivity index (χ1n) is 6.16. The van der Waals surface area contributed by atoms with E-state index in [4.69, 9.17) is 4.74 Å². The molecular weight excluding hydrogens is 188 g/mol. The van der Waals surface area contributed by atoms with E-state index in [2.05, 4.69) is 24.2 Å². The highest BCUT2D eigenvalue weighted by Gasteiger charge is 2.17. The molecule has 1 heterocycles. The number of rotatable bonds is 6. The van der Waals surface area contributed by atoms with Crippen molar-refractivity contribution in [3.05, 3.63) is 0 Å². The number of hydrogen-bond acceptors (Lipinski definition) is 3. The van der Waals surface area contributed by atoms with E-state index in [9.17, 15) is 0 Å². The third-order valence-electron chi connectivity index (χ3n) is 3.41. The molecule has 3 nitrogen and oxygen atoms in total. The molecule has 0 spiro atoms. The number of piperidine rings is 1. The van der Waals surface area contributed by atoms with Crippen LogP contribution in [-0.2, 0) is 4.74 Å². The van der Waals surface area contributed by atoms with Gasteiger partial charge in [-0.2, -0.15) is 0 Å². The van der Waals surface area contributed by atoms with Gasteiger partial charge in [0.15, 0.2) is 0 Å². The van der Waals surface area contributed by atoms with Crippen LogP contribution in [0.5, 0.6) is 0 Å². The zero-order valence-corrected chi connectivity index (χ0v) is 10.5. The maximum Gasteiger partial charge on any atom is 0.0477 e. The number of nitrogens with zero attached hydrogens (tertiary/aromatic N) is 1. The molecule has 0 aromatic rings. The summed E-state index contributed by atoms with van der Waals surface area (Å²) in [6, 6.07) is 1.32. The molecule has 1 N–H and O–H groups in total. The van der Waals surface area contributed by atoms with E-state index >= 15 is 0 Å². The molecule has 1 saturated heterocycles. The topological polar surface area (TPSA) is 24.5 Å². The summed E-state index contributed by atoms with van der Waals surface area (Å²) in [5, 5.41) is 3.59. The van der Waals surface area contributed by atoms with E-state index in [1.54, 1.807) is 7.11 Å². The fourth-order valence-electron chi connectivity index (χ4n) is 2.12. The Morgan fingerprint density at radius 1 is 1.47 bits per heavy atom. The van der Waals surface area contributed by atoms with Crippen molar-refractivity contribution in [1.29, 1.82) is 0 Å². The van der Waals surface area contributed by atoms with Gasteiger partial charge in [0, 0.05) is 32.3 Å². The second-order valence-electron chi connectivity index (χ2n) is 4.72. The standard InChI is InChI=1S/C12H26N2O/c1-11(7-9-15-3)14(2)10-12-6-4-5-8-13-12/h11-13H,4-10H2,1-3H3. The third-order valence-corrected chi connectivity index (χ3v) is 3.41. The first-order valence-corrected chi connectivity index (χ1v) is 6.16. The van der Waals surface area contributed by atoms with Crippen molar-refractivity contribution in [2.75, 3.05) is 33.9 Å². The van der Waals surface area contributed by atoms with Crippen molar-refractivity contribution in [2.45, 2.75) is 44.7 Å². The maximum absolute atomic E-state index is 5.11. The quantitative estimate of drug-likeness (QED) is 0.725. The lowest BCUT2D eigenvalue weighted by Crippen LogP contribution is -2.45. The second-order valence-corrected chi connectivity index (χ2v) is 4.72. The number of likely N-dealkylation sites (N-methyl/N-ethyl adjacent to an activating group) is 1. The number of hydrogen-bond donors (Lipinski definition) is 1. The number of nitrogens with one attached hydrogen (secondary N) is 1. The van der Waals surface area contributed by atoms with Gasteiger partial charge in [-0.15, -0.1) is 0 Å². The average Bonchev–Trinajstić information content (AvgIpc) is 2.27. The predicted molar refractivity (Wildman–Crippen MR) is 64.2 cm³/mol. The Balaban J connectivity index is 2.17. The molecular formula is C12H26N2O. The maximum atomic E-state index is 5.11. The Bertz CT molecular complexity index is 158. The first-order chi connectivity index (χ1) is 7.24. The molecule has 1 rings (SSSR count). The highest BCUT2D eigenvalue weighted by atomic mass is 16.5. The lowest BCUT2D eigenvalue weighted by Gasteiger charge is -2.31. The molecule has 0 aromatic heterocycles. The summed E-state index contributed by atoms with van der Waals surface area (Å²) >= 11 is 0. The van der Waals surface area contributed by atoms with E-state index in [0.29, 0.717) is 12.1 Å². The van der Waals surface area contributed by atoms with Crippen molar-refractivity contribution in [3.8, 4) is 0 Å². The molecule has 0 bridgehead atoms. The largest absolute Gasteiger partial charge is 0.385 e. The monoisotopic (exact) mass is 214 g/mol. The van der Waals surface area contributed by atoms with Crippen LogP contribution in [0.25, 0.3) is 0 Å². The minimum Gasteiger partial charge on any atom is -0.385 e. The molecule has 3 heteroatoms. The molecule has 15 heavy (non-hydrogen) atoms. The Labute approximate surface area is 94.2 Å². The van der Waals surface area contributed by atoms with Gasteiger partial charge in [-0.3, -0.25) is 0 Å². The summed E-state index contributed by atoms with van der Waals surface area (Å²) < 4.78 is 5.11. The predicted octanol–water partition coefficient (Wildman–Crippen LogP) is 1.49. The van der Waals surface area contributed by atoms with Crippen LogP contribution in [0.15, 0.2) is 0 Å². The second kappa shape index (κ2) is 7.20. The van der Waals surface area contributed by atoms with Crippen LogP contribution in [0.2, 0.25) is 0 Å². The van der Waals surface area contributed by atoms with Crippen molar-refractivity contribution in [3.63, 3.8) is 0 Å². The van der Waals surface area contributed by atoms with Gasteiger partial charge in [0.1, 0.15) is 0 Å². The lowest BCUT2D eigenvalue weighted by molar-refractivity contribution is 0.143. The summed E-state index contributed by atoms with van der Waals surface area (Å²) in [5.41, 5.74) is 0. The first kappa shape index (κ1) is 12.9. The van der Waals surface area contributed by atoms with Gasteiger partial charge in [-0.1, -0.05) is 6.42 Å². The van der Waals surface area contributed by atoms with E-state index in [1.807, 2.05) is 0 Å². The van der Waals surface area contributed by atoms with Gasteiger partial charge in [-0.05, 0) is 39.8 Å². The van der Waals surface area contributed by atoms with E-state index < -0.39 is 0 Å². The van der Waals surface area contributed by atoms with Gasteiger partial charge in [0.05, 0.1) is 0 Å². The van der Waals surface area contributed by atoms with Crippen LogP contribution in [0.4, 0.5) is 0 Å². The van der Waals surface area contributed by atoms with Gasteiger partial charge < -0.3 is 15.0 Å². The van der Waals surface area contributed by atoms with Crippen LogP contribution in [0.1, 0.15) is 32.6 Å². The van der Waals surface area contributed by atoms with Crippen molar-refractivity contribution in [1.82, 2.24) is 10.2 Å². The van der Waals surface area contributed by atoms with Crippen molar-refractivity contribution >= 4 is 0 Å². The fourth-order valence-corrected chi connectivity index (χ4v) is 2.12. The molecule has 1 fully saturated rings. The Morgan fingerprint density at radius 2 is 2.27 bits per heavy atom. The average molecular weight is 214 g/mol. The molecule has 0 radical (unpaired) electrons. The minimum absolute atomic E-state index is 0.619. The van der Waals surface area contributed by atoms with Gasteiger partial charge in [-0.25, -0.2) is 0 Å². The zero-order chi connectivity index (χ0) is 11.1. The zero-order valence-electron chi connectivity index (χ0n) is 10.5. The summed E-state index contributed by atoms with van der Waals surface area (Å²) in [5.74, 6) is 0. The van der Waals surface area contributed by atoms with Crippen LogP contribution in [-0.4, -0.2) is 50.8 Å². The van der Waals surface area contributed by atoms with Crippen molar-refractivity contribution in [2.24, 2.45) is 0 Å². The molecule has 1 aliphatic rings. The van der Waals surface area contributed by atoms with Crippen molar-refractivity contribution < 1.29 is 4.74 Å². The van der Waals surface area contributed by atoms with Crippen LogP contribution < -0.4 is 5.32 Å². The summed E-state index contributed by atoms with van der Waals surface area (Å²) in [4.78, 5) is 2.45. The van der Waals surface area contributed by atoms with E-state index in [0.717, 1.165) is 13.0 Å². The smallest absolute Gasteiger partial charge is 0.0477 e. The van der Waals surface area contributed by atoms with Crippen LogP contribution in [0.3, 0.4) is 0 Å².